The van der Waals surface area contributed by atoms with Gasteiger partial charge in [0.15, 0.2) is 0 Å². The fourth-order valence-electron chi connectivity index (χ4n) is 6.24. The van der Waals surface area contributed by atoms with Crippen LogP contribution in [-0.4, -0.2) is 78.0 Å². The summed E-state index contributed by atoms with van der Waals surface area (Å²) in [5.74, 6) is 0.430. The van der Waals surface area contributed by atoms with E-state index in [1.807, 2.05) is 29.0 Å². The summed E-state index contributed by atoms with van der Waals surface area (Å²) < 4.78 is 13.6. The molecule has 38 heavy (non-hydrogen) atoms. The Balaban J connectivity index is 1.34. The minimum absolute atomic E-state index is 0.0638. The molecule has 3 aliphatic heterocycles. The molecule has 3 aliphatic rings. The molecule has 1 N–H and O–H groups in total. The summed E-state index contributed by atoms with van der Waals surface area (Å²) in [5, 5.41) is 3.53. The summed E-state index contributed by atoms with van der Waals surface area (Å²) in [5.41, 5.74) is 4.52. The van der Waals surface area contributed by atoms with Crippen LogP contribution in [0, 0.1) is 18.7 Å². The molecule has 2 saturated heterocycles. The highest BCUT2D eigenvalue weighted by molar-refractivity contribution is 5.97. The van der Waals surface area contributed by atoms with Crippen LogP contribution in [0.5, 0.6) is 0 Å². The molecule has 0 spiro atoms. The molecule has 2 amide bonds. The number of rotatable bonds is 6. The number of amides is 2. The van der Waals surface area contributed by atoms with Gasteiger partial charge in [-0.25, -0.2) is 4.39 Å². The predicted octanol–water partition coefficient (Wildman–Crippen LogP) is 3.27. The number of aryl methyl sites for hydroxylation is 1. The van der Waals surface area contributed by atoms with Crippen molar-refractivity contribution in [3.8, 4) is 0 Å². The second-order valence-corrected chi connectivity index (χ2v) is 12.3. The predicted molar refractivity (Wildman–Crippen MR) is 147 cm³/mol. The maximum absolute atomic E-state index is 13.8. The Morgan fingerprint density at radius 3 is 2.71 bits per heavy atom. The molecule has 204 valence electrons. The normalized spacial score (nSPS) is 25.2. The number of carbonyl (C=O) groups is 2. The number of carbonyl (C=O) groups excluding carboxylic acids is 2. The first-order valence-electron chi connectivity index (χ1n) is 13.8. The van der Waals surface area contributed by atoms with E-state index in [0.717, 1.165) is 47.7 Å². The highest BCUT2D eigenvalue weighted by Gasteiger charge is 2.41. The molecule has 2 aromatic rings. The van der Waals surface area contributed by atoms with E-state index in [4.69, 9.17) is 4.98 Å². The van der Waals surface area contributed by atoms with E-state index in [2.05, 4.69) is 44.0 Å². The SMILES string of the molecule is Cc1cc(F)ccc1Cc1cnc2c(c1)N(C(=O)CN1C[C@@H](C)NC[C@@H]1CN1C[C@H](C)CC1=O)CC2(C)C. The minimum Gasteiger partial charge on any atom is -0.341 e. The first kappa shape index (κ1) is 26.8. The summed E-state index contributed by atoms with van der Waals surface area (Å²) >= 11 is 0. The van der Waals surface area contributed by atoms with Crippen LogP contribution in [0.3, 0.4) is 0 Å². The van der Waals surface area contributed by atoms with Gasteiger partial charge in [-0.2, -0.15) is 0 Å². The number of nitrogens with zero attached hydrogens (tertiary/aromatic N) is 4. The molecule has 7 nitrogen and oxygen atoms in total. The molecule has 1 aromatic carbocycles. The summed E-state index contributed by atoms with van der Waals surface area (Å²) in [6.07, 6.45) is 3.13. The Bertz CT molecular complexity index is 1230. The molecule has 0 aliphatic carbocycles. The standard InChI is InChI=1S/C30H40FN5O2/c1-19-8-27(37)35(14-19)16-25-13-32-21(3)15-34(25)17-28(38)36-18-30(4,5)29-26(36)11-22(12-33-29)10-23-6-7-24(31)9-20(23)2/h6-7,9,11-12,19,21,25,32H,8,10,13-18H2,1-5H3/t19-,21-,25-/m1/s1. The molecular weight excluding hydrogens is 481 g/mol. The van der Waals surface area contributed by atoms with Gasteiger partial charge in [0.05, 0.1) is 17.9 Å². The van der Waals surface area contributed by atoms with Gasteiger partial charge in [-0.1, -0.05) is 26.8 Å². The maximum atomic E-state index is 13.8. The molecule has 0 unspecified atom stereocenters. The maximum Gasteiger partial charge on any atom is 0.241 e. The van der Waals surface area contributed by atoms with Crippen molar-refractivity contribution in [1.82, 2.24) is 20.1 Å². The van der Waals surface area contributed by atoms with E-state index in [9.17, 15) is 14.0 Å². The zero-order chi connectivity index (χ0) is 27.2. The molecule has 8 heteroatoms. The van der Waals surface area contributed by atoms with Crippen molar-refractivity contribution < 1.29 is 14.0 Å². The van der Waals surface area contributed by atoms with Gasteiger partial charge in [-0.05, 0) is 61.1 Å². The van der Waals surface area contributed by atoms with E-state index in [1.54, 1.807) is 6.07 Å². The summed E-state index contributed by atoms with van der Waals surface area (Å²) in [7, 11) is 0. The molecule has 1 aromatic heterocycles. The van der Waals surface area contributed by atoms with Gasteiger partial charge in [-0.15, -0.1) is 0 Å². The minimum atomic E-state index is -0.246. The van der Waals surface area contributed by atoms with E-state index in [0.29, 0.717) is 38.4 Å². The van der Waals surface area contributed by atoms with Crippen molar-refractivity contribution in [2.75, 3.05) is 44.2 Å². The quantitative estimate of drug-likeness (QED) is 0.632. The van der Waals surface area contributed by atoms with Crippen LogP contribution in [-0.2, 0) is 21.4 Å². The van der Waals surface area contributed by atoms with Crippen molar-refractivity contribution in [1.29, 1.82) is 0 Å². The molecule has 4 heterocycles. The van der Waals surface area contributed by atoms with Crippen molar-refractivity contribution >= 4 is 17.5 Å². The fourth-order valence-corrected chi connectivity index (χ4v) is 6.24. The number of piperazine rings is 1. The molecule has 0 radical (unpaired) electrons. The van der Waals surface area contributed by atoms with Crippen molar-refractivity contribution in [3.05, 3.63) is 58.7 Å². The molecule has 3 atom stereocenters. The van der Waals surface area contributed by atoms with Gasteiger partial charge in [0, 0.05) is 62.8 Å². The molecule has 2 fully saturated rings. The summed E-state index contributed by atoms with van der Waals surface area (Å²) in [6, 6.07) is 7.33. The molecular formula is C30H40FN5O2. The lowest BCUT2D eigenvalue weighted by Crippen LogP contribution is -2.61. The van der Waals surface area contributed by atoms with Crippen molar-refractivity contribution in [3.63, 3.8) is 0 Å². The molecule has 0 saturated carbocycles. The van der Waals surface area contributed by atoms with Crippen LogP contribution in [0.1, 0.15) is 56.5 Å². The second kappa shape index (κ2) is 10.4. The Hall–Kier alpha value is -2.84. The second-order valence-electron chi connectivity index (χ2n) is 12.3. The summed E-state index contributed by atoms with van der Waals surface area (Å²) in [4.78, 5) is 37.2. The third kappa shape index (κ3) is 5.47. The third-order valence-corrected chi connectivity index (χ3v) is 8.31. The average molecular weight is 522 g/mol. The van der Waals surface area contributed by atoms with E-state index >= 15 is 0 Å². The van der Waals surface area contributed by atoms with E-state index < -0.39 is 0 Å². The zero-order valence-corrected chi connectivity index (χ0v) is 23.3. The number of hydrogen-bond acceptors (Lipinski definition) is 5. The monoisotopic (exact) mass is 521 g/mol. The van der Waals surface area contributed by atoms with Gasteiger partial charge >= 0.3 is 0 Å². The summed E-state index contributed by atoms with van der Waals surface area (Å²) in [6.45, 7) is 14.3. The van der Waals surface area contributed by atoms with E-state index in [-0.39, 0.29) is 35.1 Å². The number of hydrogen-bond donors (Lipinski definition) is 1. The highest BCUT2D eigenvalue weighted by atomic mass is 19.1. The van der Waals surface area contributed by atoms with Gasteiger partial charge in [0.1, 0.15) is 5.82 Å². The Morgan fingerprint density at radius 1 is 1.21 bits per heavy atom. The highest BCUT2D eigenvalue weighted by Crippen LogP contribution is 2.40. The third-order valence-electron chi connectivity index (χ3n) is 8.31. The Morgan fingerprint density at radius 2 is 2.00 bits per heavy atom. The van der Waals surface area contributed by atoms with Crippen LogP contribution >= 0.6 is 0 Å². The lowest BCUT2D eigenvalue weighted by molar-refractivity contribution is -0.128. The first-order valence-corrected chi connectivity index (χ1v) is 13.8. The molecule has 5 rings (SSSR count). The largest absolute Gasteiger partial charge is 0.341 e. The first-order chi connectivity index (χ1) is 18.0. The number of halogens is 1. The number of nitrogens with one attached hydrogen (secondary N) is 1. The number of fused-ring (bicyclic) bond motifs is 1. The number of aromatic nitrogens is 1. The van der Waals surface area contributed by atoms with Crippen molar-refractivity contribution in [2.45, 2.75) is 65.0 Å². The number of likely N-dealkylation sites (tertiary alicyclic amines) is 1. The zero-order valence-electron chi connectivity index (χ0n) is 23.3. The van der Waals surface area contributed by atoms with Gasteiger partial charge in [0.2, 0.25) is 11.8 Å². The van der Waals surface area contributed by atoms with Gasteiger partial charge in [-0.3, -0.25) is 19.5 Å². The Kier molecular flexibility index (Phi) is 7.31. The lowest BCUT2D eigenvalue weighted by Gasteiger charge is -2.41. The van der Waals surface area contributed by atoms with Gasteiger partial charge < -0.3 is 15.1 Å². The van der Waals surface area contributed by atoms with Gasteiger partial charge in [0.25, 0.3) is 0 Å². The van der Waals surface area contributed by atoms with Crippen molar-refractivity contribution in [2.24, 2.45) is 5.92 Å². The lowest BCUT2D eigenvalue weighted by atomic mass is 9.91. The van der Waals surface area contributed by atoms with Crippen LogP contribution < -0.4 is 10.2 Å². The number of pyridine rings is 1. The van der Waals surface area contributed by atoms with E-state index in [1.165, 1.54) is 6.07 Å². The topological polar surface area (TPSA) is 68.8 Å². The van der Waals surface area contributed by atoms with Crippen LogP contribution in [0.25, 0.3) is 0 Å². The van der Waals surface area contributed by atoms with Crippen LogP contribution in [0.2, 0.25) is 0 Å². The van der Waals surface area contributed by atoms with Crippen LogP contribution in [0.15, 0.2) is 30.5 Å². The Labute approximate surface area is 225 Å². The van der Waals surface area contributed by atoms with Crippen LogP contribution in [0.4, 0.5) is 10.1 Å². The number of anilines is 1. The fraction of sp³-hybridized carbons (Fsp3) is 0.567. The average Bonchev–Trinajstić information content (AvgIpc) is 3.31. The molecule has 0 bridgehead atoms. The number of benzene rings is 1. The smallest absolute Gasteiger partial charge is 0.241 e.